The van der Waals surface area contributed by atoms with Crippen molar-refractivity contribution < 1.29 is 4.39 Å². The van der Waals surface area contributed by atoms with Gasteiger partial charge in [-0.25, -0.2) is 4.39 Å². The van der Waals surface area contributed by atoms with E-state index in [9.17, 15) is 4.39 Å². The monoisotopic (exact) mass is 341 g/mol. The molecule has 0 aliphatic carbocycles. The molecule has 0 saturated carbocycles. The van der Waals surface area contributed by atoms with Crippen molar-refractivity contribution in [2.45, 2.75) is 12.8 Å². The predicted molar refractivity (Wildman–Crippen MR) is 105 cm³/mol. The molecule has 0 bridgehead atoms. The van der Waals surface area contributed by atoms with Crippen LogP contribution in [0, 0.1) is 24.6 Å². The van der Waals surface area contributed by atoms with E-state index >= 15 is 0 Å². The third kappa shape index (κ3) is 3.54. The molecule has 0 atom stereocenters. The summed E-state index contributed by atoms with van der Waals surface area (Å²) in [5, 5.41) is 3.19. The molecule has 0 radical (unpaired) electrons. The summed E-state index contributed by atoms with van der Waals surface area (Å²) in [7, 11) is 0. The van der Waals surface area contributed by atoms with E-state index in [0.717, 1.165) is 40.9 Å². The zero-order chi connectivity index (χ0) is 17.9. The van der Waals surface area contributed by atoms with E-state index in [1.165, 1.54) is 5.56 Å². The van der Waals surface area contributed by atoms with Crippen LogP contribution in [0.1, 0.15) is 28.2 Å². The molecule has 4 rings (SSSR count). The molecule has 1 N–H and O–H groups in total. The highest BCUT2D eigenvalue weighted by Crippen LogP contribution is 2.27. The average Bonchev–Trinajstić information content (AvgIpc) is 2.62. The molecular formula is C24H20FN. The first-order chi connectivity index (χ1) is 12.7. The summed E-state index contributed by atoms with van der Waals surface area (Å²) in [4.78, 5) is 0. The lowest BCUT2D eigenvalue weighted by atomic mass is 9.91. The normalized spacial score (nSPS) is 13.6. The molecule has 0 amide bonds. The molecule has 1 saturated heterocycles. The molecule has 26 heavy (non-hydrogen) atoms. The van der Waals surface area contributed by atoms with Crippen LogP contribution < -0.4 is 5.32 Å². The number of hydrogen-bond acceptors (Lipinski definition) is 1. The second kappa shape index (κ2) is 7.15. The van der Waals surface area contributed by atoms with Gasteiger partial charge in [0, 0.05) is 30.1 Å². The fourth-order valence-corrected chi connectivity index (χ4v) is 3.07. The molecule has 0 spiro atoms. The first-order valence-electron chi connectivity index (χ1n) is 8.88. The van der Waals surface area contributed by atoms with Crippen LogP contribution in [0.15, 0.2) is 66.7 Å². The Morgan fingerprint density at radius 3 is 1.92 bits per heavy atom. The molecule has 0 unspecified atom stereocenters. The topological polar surface area (TPSA) is 12.0 Å². The Labute approximate surface area is 153 Å². The minimum absolute atomic E-state index is 0.114. The molecule has 2 heteroatoms. The Kier molecular flexibility index (Phi) is 4.56. The van der Waals surface area contributed by atoms with Gasteiger partial charge in [0.25, 0.3) is 0 Å². The Bertz CT molecular complexity index is 971. The standard InChI is InChI=1S/C24H20FN/c1-17-2-4-18(5-3-17)6-7-19-8-10-20(11-9-19)21-12-13-23(24(25)14-21)22-15-26-16-22/h2-5,8-14,22,26H,15-16H2,1H3. The van der Waals surface area contributed by atoms with Gasteiger partial charge in [0.2, 0.25) is 0 Å². The maximum Gasteiger partial charge on any atom is 0.127 e. The van der Waals surface area contributed by atoms with Crippen molar-refractivity contribution in [2.75, 3.05) is 13.1 Å². The molecule has 1 nitrogen and oxygen atoms in total. The summed E-state index contributed by atoms with van der Waals surface area (Å²) in [6, 6.07) is 21.7. The average molecular weight is 341 g/mol. The summed E-state index contributed by atoms with van der Waals surface area (Å²) in [5.41, 5.74) is 5.90. The fraction of sp³-hybridized carbons (Fsp3) is 0.167. The van der Waals surface area contributed by atoms with Gasteiger partial charge < -0.3 is 5.32 Å². The zero-order valence-electron chi connectivity index (χ0n) is 14.7. The minimum Gasteiger partial charge on any atom is -0.315 e. The molecule has 1 aliphatic heterocycles. The van der Waals surface area contributed by atoms with Crippen molar-refractivity contribution in [2.24, 2.45) is 0 Å². The highest BCUT2D eigenvalue weighted by molar-refractivity contribution is 5.65. The summed E-state index contributed by atoms with van der Waals surface area (Å²) in [6.07, 6.45) is 0. The van der Waals surface area contributed by atoms with Crippen LogP contribution in [0.4, 0.5) is 4.39 Å². The van der Waals surface area contributed by atoms with Gasteiger partial charge in [-0.15, -0.1) is 0 Å². The summed E-state index contributed by atoms with van der Waals surface area (Å²) < 4.78 is 14.4. The molecule has 3 aromatic carbocycles. The third-order valence-electron chi connectivity index (χ3n) is 4.84. The van der Waals surface area contributed by atoms with Crippen LogP contribution >= 0.6 is 0 Å². The zero-order valence-corrected chi connectivity index (χ0v) is 14.7. The van der Waals surface area contributed by atoms with Crippen molar-refractivity contribution in [1.82, 2.24) is 5.32 Å². The van der Waals surface area contributed by atoms with Crippen LogP contribution in [0.25, 0.3) is 11.1 Å². The maximum absolute atomic E-state index is 14.4. The first-order valence-corrected chi connectivity index (χ1v) is 8.88. The minimum atomic E-state index is -0.114. The second-order valence-electron chi connectivity index (χ2n) is 6.78. The van der Waals surface area contributed by atoms with E-state index in [1.807, 2.05) is 48.5 Å². The van der Waals surface area contributed by atoms with Crippen LogP contribution in [0.3, 0.4) is 0 Å². The smallest absolute Gasteiger partial charge is 0.127 e. The van der Waals surface area contributed by atoms with Gasteiger partial charge in [0.1, 0.15) is 5.82 Å². The van der Waals surface area contributed by atoms with Gasteiger partial charge in [0.15, 0.2) is 0 Å². The van der Waals surface area contributed by atoms with Gasteiger partial charge in [0.05, 0.1) is 0 Å². The lowest BCUT2D eigenvalue weighted by Crippen LogP contribution is -2.40. The number of aryl methyl sites for hydroxylation is 1. The Balaban J connectivity index is 1.52. The van der Waals surface area contributed by atoms with Crippen molar-refractivity contribution in [3.05, 3.63) is 94.8 Å². The summed E-state index contributed by atoms with van der Waals surface area (Å²) in [6.45, 7) is 3.80. The molecular weight excluding hydrogens is 321 g/mol. The van der Waals surface area contributed by atoms with Gasteiger partial charge in [-0.2, -0.15) is 0 Å². The number of hydrogen-bond donors (Lipinski definition) is 1. The maximum atomic E-state index is 14.4. The second-order valence-corrected chi connectivity index (χ2v) is 6.78. The van der Waals surface area contributed by atoms with Crippen LogP contribution in [-0.4, -0.2) is 13.1 Å². The van der Waals surface area contributed by atoms with Crippen LogP contribution in [0.2, 0.25) is 0 Å². The third-order valence-corrected chi connectivity index (χ3v) is 4.84. The lowest BCUT2D eigenvalue weighted by Gasteiger charge is -2.27. The molecule has 1 aliphatic rings. The lowest BCUT2D eigenvalue weighted by molar-refractivity contribution is 0.431. The Hall–Kier alpha value is -2.89. The Morgan fingerprint density at radius 1 is 0.808 bits per heavy atom. The highest BCUT2D eigenvalue weighted by Gasteiger charge is 2.22. The summed E-state index contributed by atoms with van der Waals surface area (Å²) >= 11 is 0. The molecule has 1 heterocycles. The van der Waals surface area contributed by atoms with E-state index in [2.05, 4.69) is 36.2 Å². The van der Waals surface area contributed by atoms with E-state index in [1.54, 1.807) is 6.07 Å². The number of halogens is 1. The first kappa shape index (κ1) is 16.6. The number of nitrogens with one attached hydrogen (secondary N) is 1. The van der Waals surface area contributed by atoms with Gasteiger partial charge in [-0.1, -0.05) is 53.8 Å². The van der Waals surface area contributed by atoms with E-state index < -0.39 is 0 Å². The molecule has 3 aromatic rings. The SMILES string of the molecule is Cc1ccc(C#Cc2ccc(-c3ccc(C4CNC4)c(F)c3)cc2)cc1. The Morgan fingerprint density at radius 2 is 1.38 bits per heavy atom. The fourth-order valence-electron chi connectivity index (χ4n) is 3.07. The summed E-state index contributed by atoms with van der Waals surface area (Å²) in [5.74, 6) is 6.55. The molecule has 1 fully saturated rings. The highest BCUT2D eigenvalue weighted by atomic mass is 19.1. The molecule has 128 valence electrons. The number of rotatable bonds is 2. The van der Waals surface area contributed by atoms with E-state index in [-0.39, 0.29) is 5.82 Å². The molecule has 0 aromatic heterocycles. The quantitative estimate of drug-likeness (QED) is 0.655. The van der Waals surface area contributed by atoms with Crippen molar-refractivity contribution in [3.8, 4) is 23.0 Å². The van der Waals surface area contributed by atoms with Gasteiger partial charge in [-0.05, 0) is 53.9 Å². The number of benzene rings is 3. The van der Waals surface area contributed by atoms with Crippen LogP contribution in [0.5, 0.6) is 0 Å². The van der Waals surface area contributed by atoms with E-state index in [4.69, 9.17) is 0 Å². The van der Waals surface area contributed by atoms with Gasteiger partial charge in [-0.3, -0.25) is 0 Å². The van der Waals surface area contributed by atoms with Crippen LogP contribution in [-0.2, 0) is 0 Å². The van der Waals surface area contributed by atoms with Gasteiger partial charge >= 0.3 is 0 Å². The largest absolute Gasteiger partial charge is 0.315 e. The van der Waals surface area contributed by atoms with Crippen molar-refractivity contribution >= 4 is 0 Å². The van der Waals surface area contributed by atoms with Crippen molar-refractivity contribution in [1.29, 1.82) is 0 Å². The predicted octanol–water partition coefficient (Wildman–Crippen LogP) is 4.89. The van der Waals surface area contributed by atoms with E-state index in [0.29, 0.717) is 5.92 Å². The van der Waals surface area contributed by atoms with Crippen molar-refractivity contribution in [3.63, 3.8) is 0 Å².